The fourth-order valence-electron chi connectivity index (χ4n) is 2.04. The second-order valence-electron chi connectivity index (χ2n) is 4.43. The molecular weight excluding hydrogens is 164 g/mol. The van der Waals surface area contributed by atoms with Crippen molar-refractivity contribution in [2.24, 2.45) is 0 Å². The highest BCUT2D eigenvalue weighted by atomic mass is 16.3. The molecule has 0 radical (unpaired) electrons. The summed E-state index contributed by atoms with van der Waals surface area (Å²) >= 11 is 0. The van der Waals surface area contributed by atoms with E-state index in [9.17, 15) is 5.11 Å². The van der Waals surface area contributed by atoms with Crippen LogP contribution in [0.1, 0.15) is 20.8 Å². The van der Waals surface area contributed by atoms with E-state index in [-0.39, 0.29) is 6.10 Å². The molecule has 0 spiro atoms. The molecule has 0 bridgehead atoms. The highest BCUT2D eigenvalue weighted by molar-refractivity contribution is 4.83. The maximum atomic E-state index is 9.29. The van der Waals surface area contributed by atoms with Crippen LogP contribution in [0.2, 0.25) is 0 Å². The molecule has 0 saturated carbocycles. The summed E-state index contributed by atoms with van der Waals surface area (Å²) in [6.07, 6.45) is -0.206. The first-order valence-corrected chi connectivity index (χ1v) is 5.13. The number of nitrogens with zero attached hydrogens (tertiary/aromatic N) is 2. The summed E-state index contributed by atoms with van der Waals surface area (Å²) in [6, 6.07) is 1.20. The van der Waals surface area contributed by atoms with Crippen molar-refractivity contribution in [2.45, 2.75) is 39.0 Å². The molecule has 1 rings (SSSR count). The first kappa shape index (κ1) is 11.0. The minimum absolute atomic E-state index is 0.206. The van der Waals surface area contributed by atoms with Crippen molar-refractivity contribution in [3.8, 4) is 0 Å². The molecule has 1 aliphatic heterocycles. The van der Waals surface area contributed by atoms with Gasteiger partial charge in [0.1, 0.15) is 0 Å². The van der Waals surface area contributed by atoms with Crippen molar-refractivity contribution in [1.82, 2.24) is 9.80 Å². The summed E-state index contributed by atoms with van der Waals surface area (Å²) in [6.45, 7) is 9.29. The molecule has 1 N–H and O–H groups in total. The summed E-state index contributed by atoms with van der Waals surface area (Å²) in [4.78, 5) is 4.75. The van der Waals surface area contributed by atoms with Crippen LogP contribution in [0.4, 0.5) is 0 Å². The Morgan fingerprint density at radius 2 is 1.77 bits per heavy atom. The van der Waals surface area contributed by atoms with Gasteiger partial charge in [0.15, 0.2) is 0 Å². The second-order valence-corrected chi connectivity index (χ2v) is 4.43. The predicted molar refractivity (Wildman–Crippen MR) is 54.8 cm³/mol. The zero-order chi connectivity index (χ0) is 10.0. The average molecular weight is 186 g/mol. The topological polar surface area (TPSA) is 26.7 Å². The zero-order valence-corrected chi connectivity index (χ0v) is 9.20. The lowest BCUT2D eigenvalue weighted by molar-refractivity contribution is 0.0330. The molecule has 0 aromatic carbocycles. The second kappa shape index (κ2) is 4.40. The smallest absolute Gasteiger partial charge is 0.0639 e. The monoisotopic (exact) mass is 186 g/mol. The van der Waals surface area contributed by atoms with Crippen LogP contribution in [0.15, 0.2) is 0 Å². The van der Waals surface area contributed by atoms with Crippen molar-refractivity contribution in [3.63, 3.8) is 0 Å². The number of aliphatic hydroxyl groups is 1. The van der Waals surface area contributed by atoms with Gasteiger partial charge in [-0.3, -0.25) is 9.80 Å². The lowest BCUT2D eigenvalue weighted by Gasteiger charge is -2.42. The lowest BCUT2D eigenvalue weighted by atomic mass is 10.1. The number of hydrogen-bond acceptors (Lipinski definition) is 3. The van der Waals surface area contributed by atoms with Crippen LogP contribution in [0.5, 0.6) is 0 Å². The number of β-amino-alcohol motifs (C(OH)–C–C–N with tert-alkyl or cyclic N) is 1. The Bertz CT molecular complexity index is 149. The maximum absolute atomic E-state index is 9.29. The Balaban J connectivity index is 2.44. The van der Waals surface area contributed by atoms with Crippen LogP contribution in [-0.4, -0.2) is 59.8 Å². The van der Waals surface area contributed by atoms with Gasteiger partial charge in [-0.1, -0.05) is 0 Å². The summed E-state index contributed by atoms with van der Waals surface area (Å²) in [5, 5.41) is 9.29. The van der Waals surface area contributed by atoms with E-state index in [1.54, 1.807) is 0 Å². The van der Waals surface area contributed by atoms with E-state index in [2.05, 4.69) is 30.7 Å². The summed E-state index contributed by atoms with van der Waals surface area (Å²) in [5.74, 6) is 0. The Morgan fingerprint density at radius 1 is 1.31 bits per heavy atom. The van der Waals surface area contributed by atoms with Gasteiger partial charge in [0.2, 0.25) is 0 Å². The van der Waals surface area contributed by atoms with Crippen LogP contribution in [0.25, 0.3) is 0 Å². The van der Waals surface area contributed by atoms with Crippen molar-refractivity contribution >= 4 is 0 Å². The molecule has 1 heterocycles. The molecule has 3 nitrogen and oxygen atoms in total. The number of hydrogen-bond donors (Lipinski definition) is 1. The minimum atomic E-state index is -0.206. The fourth-order valence-corrected chi connectivity index (χ4v) is 2.04. The zero-order valence-electron chi connectivity index (χ0n) is 9.20. The molecule has 3 heteroatoms. The minimum Gasteiger partial charge on any atom is -0.392 e. The maximum Gasteiger partial charge on any atom is 0.0639 e. The summed E-state index contributed by atoms with van der Waals surface area (Å²) in [5.41, 5.74) is 0. The van der Waals surface area contributed by atoms with Crippen LogP contribution >= 0.6 is 0 Å². The first-order valence-electron chi connectivity index (χ1n) is 5.13. The molecule has 1 aliphatic rings. The third kappa shape index (κ3) is 2.93. The lowest BCUT2D eigenvalue weighted by Crippen LogP contribution is -2.55. The highest BCUT2D eigenvalue weighted by Gasteiger charge is 2.26. The molecule has 0 amide bonds. The molecule has 0 aromatic heterocycles. The normalized spacial score (nSPS) is 34.8. The van der Waals surface area contributed by atoms with Gasteiger partial charge in [0.05, 0.1) is 6.10 Å². The van der Waals surface area contributed by atoms with Gasteiger partial charge in [0, 0.05) is 31.7 Å². The van der Waals surface area contributed by atoms with Gasteiger partial charge in [-0.05, 0) is 27.8 Å². The molecule has 13 heavy (non-hydrogen) atoms. The van der Waals surface area contributed by atoms with Crippen molar-refractivity contribution in [1.29, 1.82) is 0 Å². The number of aliphatic hydroxyl groups excluding tert-OH is 1. The van der Waals surface area contributed by atoms with Crippen molar-refractivity contribution in [3.05, 3.63) is 0 Å². The van der Waals surface area contributed by atoms with Gasteiger partial charge < -0.3 is 5.11 Å². The van der Waals surface area contributed by atoms with Crippen LogP contribution < -0.4 is 0 Å². The van der Waals surface area contributed by atoms with Gasteiger partial charge in [-0.15, -0.1) is 0 Å². The molecule has 1 fully saturated rings. The first-order chi connectivity index (χ1) is 6.00. The standard InChI is InChI=1S/C10H22N2O/c1-8-5-12(7-10(3)13)6-9(2)11(8)4/h8-10,13H,5-7H2,1-4H3/t8?,9?,10-/m1/s1. The van der Waals surface area contributed by atoms with Crippen molar-refractivity contribution < 1.29 is 5.11 Å². The van der Waals surface area contributed by atoms with Gasteiger partial charge in [-0.2, -0.15) is 0 Å². The van der Waals surface area contributed by atoms with E-state index < -0.39 is 0 Å². The molecule has 3 atom stereocenters. The molecule has 0 aromatic rings. The largest absolute Gasteiger partial charge is 0.392 e. The Hall–Kier alpha value is -0.120. The Kier molecular flexibility index (Phi) is 3.71. The van der Waals surface area contributed by atoms with E-state index in [1.165, 1.54) is 0 Å². The predicted octanol–water partition coefficient (Wildman–Crippen LogP) is 0.392. The third-order valence-electron chi connectivity index (χ3n) is 2.96. The van der Waals surface area contributed by atoms with Crippen LogP contribution in [0, 0.1) is 0 Å². The average Bonchev–Trinajstić information content (AvgIpc) is 1.98. The third-order valence-corrected chi connectivity index (χ3v) is 2.96. The fraction of sp³-hybridized carbons (Fsp3) is 1.00. The van der Waals surface area contributed by atoms with E-state index >= 15 is 0 Å². The van der Waals surface area contributed by atoms with Gasteiger partial charge >= 0.3 is 0 Å². The summed E-state index contributed by atoms with van der Waals surface area (Å²) in [7, 11) is 2.18. The molecule has 2 unspecified atom stereocenters. The van der Waals surface area contributed by atoms with E-state index in [4.69, 9.17) is 0 Å². The summed E-state index contributed by atoms with van der Waals surface area (Å²) < 4.78 is 0. The molecule has 78 valence electrons. The van der Waals surface area contributed by atoms with Gasteiger partial charge in [-0.25, -0.2) is 0 Å². The Morgan fingerprint density at radius 3 is 2.15 bits per heavy atom. The molecular formula is C10H22N2O. The highest BCUT2D eigenvalue weighted by Crippen LogP contribution is 2.13. The SMILES string of the molecule is CC1CN(C[C@@H](C)O)CC(C)N1C. The van der Waals surface area contributed by atoms with E-state index in [0.717, 1.165) is 19.6 Å². The molecule has 0 aliphatic carbocycles. The van der Waals surface area contributed by atoms with Crippen LogP contribution in [-0.2, 0) is 0 Å². The number of rotatable bonds is 2. The van der Waals surface area contributed by atoms with Crippen LogP contribution in [0.3, 0.4) is 0 Å². The van der Waals surface area contributed by atoms with Gasteiger partial charge in [0.25, 0.3) is 0 Å². The number of piperazine rings is 1. The van der Waals surface area contributed by atoms with Crippen molar-refractivity contribution in [2.75, 3.05) is 26.7 Å². The Labute approximate surface area is 81.3 Å². The van der Waals surface area contributed by atoms with E-state index in [0.29, 0.717) is 12.1 Å². The quantitative estimate of drug-likeness (QED) is 0.676. The van der Waals surface area contributed by atoms with E-state index in [1.807, 2.05) is 6.92 Å². The molecule has 1 saturated heterocycles. The number of likely N-dealkylation sites (N-methyl/N-ethyl adjacent to an activating group) is 1.